The van der Waals surface area contributed by atoms with Crippen molar-refractivity contribution >= 4 is 11.7 Å². The molecule has 17 heavy (non-hydrogen) atoms. The molecule has 0 spiro atoms. The first-order valence-electron chi connectivity index (χ1n) is 5.42. The molecular formula is C12H14FNO3. The average molecular weight is 239 g/mol. The molecule has 1 aromatic rings. The molecule has 0 radical (unpaired) electrons. The van der Waals surface area contributed by atoms with Gasteiger partial charge in [0.15, 0.2) is 5.82 Å². The SMILES string of the molecule is COC(=O)c1cc(OCC2CC2)cc(F)c1N. The first-order chi connectivity index (χ1) is 8.11. The maximum Gasteiger partial charge on any atom is 0.340 e. The zero-order valence-electron chi connectivity index (χ0n) is 9.53. The topological polar surface area (TPSA) is 61.5 Å². The molecule has 0 saturated heterocycles. The summed E-state index contributed by atoms with van der Waals surface area (Å²) in [5.41, 5.74) is 5.25. The number of carbonyl (C=O) groups is 1. The van der Waals surface area contributed by atoms with E-state index in [9.17, 15) is 9.18 Å². The van der Waals surface area contributed by atoms with Gasteiger partial charge >= 0.3 is 5.97 Å². The van der Waals surface area contributed by atoms with Gasteiger partial charge in [0.1, 0.15) is 5.75 Å². The van der Waals surface area contributed by atoms with Crippen LogP contribution in [0.4, 0.5) is 10.1 Å². The summed E-state index contributed by atoms with van der Waals surface area (Å²) in [6, 6.07) is 2.59. The summed E-state index contributed by atoms with van der Waals surface area (Å²) >= 11 is 0. The number of carbonyl (C=O) groups excluding carboxylic acids is 1. The number of nitrogens with two attached hydrogens (primary N) is 1. The molecule has 2 N–H and O–H groups in total. The smallest absolute Gasteiger partial charge is 0.340 e. The highest BCUT2D eigenvalue weighted by Gasteiger charge is 2.23. The molecule has 0 heterocycles. The molecular weight excluding hydrogens is 225 g/mol. The van der Waals surface area contributed by atoms with Gasteiger partial charge in [-0.3, -0.25) is 0 Å². The molecule has 0 bridgehead atoms. The van der Waals surface area contributed by atoms with Crippen molar-refractivity contribution in [3.05, 3.63) is 23.5 Å². The summed E-state index contributed by atoms with van der Waals surface area (Å²) in [6.45, 7) is 0.546. The van der Waals surface area contributed by atoms with Crippen LogP contribution in [0, 0.1) is 11.7 Å². The van der Waals surface area contributed by atoms with Crippen molar-refractivity contribution in [1.29, 1.82) is 0 Å². The summed E-state index contributed by atoms with van der Waals surface area (Å²) in [5.74, 6) is -0.474. The second kappa shape index (κ2) is 4.61. The minimum absolute atomic E-state index is 0.00158. The largest absolute Gasteiger partial charge is 0.493 e. The number of halogens is 1. The average Bonchev–Trinajstić information content (AvgIpc) is 3.13. The third-order valence-electron chi connectivity index (χ3n) is 2.69. The third kappa shape index (κ3) is 2.67. The zero-order valence-corrected chi connectivity index (χ0v) is 9.53. The predicted molar refractivity (Wildman–Crippen MR) is 60.4 cm³/mol. The maximum absolute atomic E-state index is 13.5. The van der Waals surface area contributed by atoms with Crippen LogP contribution in [0.25, 0.3) is 0 Å². The van der Waals surface area contributed by atoms with Crippen LogP contribution in [-0.4, -0.2) is 19.7 Å². The number of rotatable bonds is 4. The maximum atomic E-state index is 13.5. The van der Waals surface area contributed by atoms with E-state index in [1.165, 1.54) is 19.2 Å². The Labute approximate surface area is 98.5 Å². The lowest BCUT2D eigenvalue weighted by molar-refractivity contribution is 0.0601. The van der Waals surface area contributed by atoms with E-state index in [1.807, 2.05) is 0 Å². The Hall–Kier alpha value is -1.78. The van der Waals surface area contributed by atoms with Crippen LogP contribution in [0.2, 0.25) is 0 Å². The molecule has 0 aliphatic heterocycles. The number of methoxy groups -OCH3 is 1. The number of hydrogen-bond donors (Lipinski definition) is 1. The molecule has 92 valence electrons. The Bertz CT molecular complexity index is 444. The first kappa shape index (κ1) is 11.7. The van der Waals surface area contributed by atoms with E-state index < -0.39 is 11.8 Å². The van der Waals surface area contributed by atoms with Crippen molar-refractivity contribution in [3.8, 4) is 5.75 Å². The highest BCUT2D eigenvalue weighted by molar-refractivity contribution is 5.95. The van der Waals surface area contributed by atoms with Gasteiger partial charge < -0.3 is 15.2 Å². The molecule has 1 fully saturated rings. The molecule has 1 aromatic carbocycles. The Balaban J connectivity index is 2.20. The van der Waals surface area contributed by atoms with Crippen molar-refractivity contribution in [1.82, 2.24) is 0 Å². The summed E-state index contributed by atoms with van der Waals surface area (Å²) in [4.78, 5) is 11.4. The van der Waals surface area contributed by atoms with Crippen LogP contribution in [-0.2, 0) is 4.74 Å². The van der Waals surface area contributed by atoms with Gasteiger partial charge in [-0.05, 0) is 24.8 Å². The van der Waals surface area contributed by atoms with Crippen LogP contribution in [0.15, 0.2) is 12.1 Å². The molecule has 0 aromatic heterocycles. The minimum atomic E-state index is -0.668. The lowest BCUT2D eigenvalue weighted by atomic mass is 10.1. The number of anilines is 1. The number of hydrogen-bond acceptors (Lipinski definition) is 4. The quantitative estimate of drug-likeness (QED) is 0.644. The predicted octanol–water partition coefficient (Wildman–Crippen LogP) is 1.98. The Morgan fingerprint density at radius 2 is 2.24 bits per heavy atom. The fraction of sp³-hybridized carbons (Fsp3) is 0.417. The zero-order chi connectivity index (χ0) is 12.4. The van der Waals surface area contributed by atoms with E-state index in [0.29, 0.717) is 18.3 Å². The number of esters is 1. The van der Waals surface area contributed by atoms with Crippen molar-refractivity contribution in [2.75, 3.05) is 19.5 Å². The van der Waals surface area contributed by atoms with Crippen molar-refractivity contribution < 1.29 is 18.7 Å². The molecule has 5 heteroatoms. The van der Waals surface area contributed by atoms with E-state index in [0.717, 1.165) is 12.8 Å². The summed E-state index contributed by atoms with van der Waals surface area (Å²) in [6.07, 6.45) is 2.28. The van der Waals surface area contributed by atoms with Gasteiger partial charge in [0.2, 0.25) is 0 Å². The molecule has 4 nitrogen and oxygen atoms in total. The van der Waals surface area contributed by atoms with Crippen LogP contribution < -0.4 is 10.5 Å². The highest BCUT2D eigenvalue weighted by atomic mass is 19.1. The van der Waals surface area contributed by atoms with E-state index in [4.69, 9.17) is 10.5 Å². The normalized spacial score (nSPS) is 14.5. The Kier molecular flexibility index (Phi) is 3.17. The van der Waals surface area contributed by atoms with E-state index in [-0.39, 0.29) is 11.3 Å². The molecule has 1 aliphatic rings. The summed E-state index contributed by atoms with van der Waals surface area (Å²) in [7, 11) is 1.22. The third-order valence-corrected chi connectivity index (χ3v) is 2.69. The van der Waals surface area contributed by atoms with Crippen LogP contribution in [0.1, 0.15) is 23.2 Å². The van der Waals surface area contributed by atoms with Gasteiger partial charge in [-0.1, -0.05) is 0 Å². The van der Waals surface area contributed by atoms with Gasteiger partial charge in [0, 0.05) is 6.07 Å². The van der Waals surface area contributed by atoms with Crippen LogP contribution in [0.3, 0.4) is 0 Å². The fourth-order valence-corrected chi connectivity index (χ4v) is 1.45. The second-order valence-corrected chi connectivity index (χ2v) is 4.11. The van der Waals surface area contributed by atoms with E-state index in [1.54, 1.807) is 0 Å². The molecule has 2 rings (SSSR count). The number of ether oxygens (including phenoxy) is 2. The lowest BCUT2D eigenvalue weighted by Crippen LogP contribution is -2.09. The van der Waals surface area contributed by atoms with Gasteiger partial charge in [0.05, 0.1) is 25.0 Å². The fourth-order valence-electron chi connectivity index (χ4n) is 1.45. The minimum Gasteiger partial charge on any atom is -0.493 e. The van der Waals surface area contributed by atoms with Crippen LogP contribution in [0.5, 0.6) is 5.75 Å². The standard InChI is InChI=1S/C12H14FNO3/c1-16-12(15)9-4-8(5-10(13)11(9)14)17-6-7-2-3-7/h4-5,7H,2-3,6,14H2,1H3. The monoisotopic (exact) mass is 239 g/mol. The molecule has 0 amide bonds. The van der Waals surface area contributed by atoms with Gasteiger partial charge in [-0.15, -0.1) is 0 Å². The van der Waals surface area contributed by atoms with E-state index >= 15 is 0 Å². The highest BCUT2D eigenvalue weighted by Crippen LogP contribution is 2.31. The first-order valence-corrected chi connectivity index (χ1v) is 5.42. The molecule has 0 unspecified atom stereocenters. The molecule has 1 saturated carbocycles. The Morgan fingerprint density at radius 3 is 2.82 bits per heavy atom. The summed E-state index contributed by atoms with van der Waals surface area (Å²) in [5, 5.41) is 0. The van der Waals surface area contributed by atoms with Gasteiger partial charge in [-0.25, -0.2) is 9.18 Å². The van der Waals surface area contributed by atoms with Crippen LogP contribution >= 0.6 is 0 Å². The summed E-state index contributed by atoms with van der Waals surface area (Å²) < 4.78 is 23.4. The Morgan fingerprint density at radius 1 is 1.53 bits per heavy atom. The van der Waals surface area contributed by atoms with Crippen molar-refractivity contribution in [2.24, 2.45) is 5.92 Å². The molecule has 1 aliphatic carbocycles. The number of benzene rings is 1. The van der Waals surface area contributed by atoms with E-state index in [2.05, 4.69) is 4.74 Å². The number of nitrogen functional groups attached to an aromatic ring is 1. The van der Waals surface area contributed by atoms with Gasteiger partial charge in [0.25, 0.3) is 0 Å². The lowest BCUT2D eigenvalue weighted by Gasteiger charge is -2.09. The van der Waals surface area contributed by atoms with Crippen molar-refractivity contribution in [2.45, 2.75) is 12.8 Å². The molecule has 0 atom stereocenters. The van der Waals surface area contributed by atoms with Gasteiger partial charge in [-0.2, -0.15) is 0 Å². The van der Waals surface area contributed by atoms with Crippen molar-refractivity contribution in [3.63, 3.8) is 0 Å². The second-order valence-electron chi connectivity index (χ2n) is 4.11.